The second-order valence-corrected chi connectivity index (χ2v) is 10.8. The number of carbonyl (C=O) groups is 3. The maximum Gasteiger partial charge on any atom is 0.508 e. The molecule has 0 unspecified atom stereocenters. The minimum Gasteiger partial charge on any atom is -0.434 e. The van der Waals surface area contributed by atoms with E-state index >= 15 is 0 Å². The molecule has 3 aromatic rings. The van der Waals surface area contributed by atoms with E-state index in [2.05, 4.69) is 25.6 Å². The zero-order chi connectivity index (χ0) is 32.6. The van der Waals surface area contributed by atoms with E-state index in [1.54, 1.807) is 42.7 Å². The minimum atomic E-state index is -0.806. The molecule has 1 amide bonds. The van der Waals surface area contributed by atoms with E-state index in [4.69, 9.17) is 30.5 Å². The normalized spacial score (nSPS) is 12.1. The highest BCUT2D eigenvalue weighted by atomic mass is 35.5. The number of nitrogens with zero attached hydrogens (tertiary/aromatic N) is 2. The molecule has 0 aliphatic rings. The van der Waals surface area contributed by atoms with Crippen LogP contribution in [0.3, 0.4) is 0 Å². The SMILES string of the molecule is CCCCOC(=O)OC[C@@H](CC)Nc1ncc(C)c(-c2c[nH]c(C(=O)N[C@H](COC(=O)OCCCC)c3cccc(Cl)c3)c2)n1. The van der Waals surface area contributed by atoms with Gasteiger partial charge in [0.15, 0.2) is 0 Å². The van der Waals surface area contributed by atoms with Gasteiger partial charge in [0, 0.05) is 23.0 Å². The molecule has 0 spiro atoms. The fourth-order valence-electron chi connectivity index (χ4n) is 4.09. The number of carbonyl (C=O) groups excluding carboxylic acids is 3. The summed E-state index contributed by atoms with van der Waals surface area (Å²) < 4.78 is 20.7. The highest BCUT2D eigenvalue weighted by molar-refractivity contribution is 6.30. The van der Waals surface area contributed by atoms with E-state index in [1.807, 2.05) is 27.7 Å². The summed E-state index contributed by atoms with van der Waals surface area (Å²) >= 11 is 6.19. The quantitative estimate of drug-likeness (QED) is 0.103. The number of ether oxygens (including phenoxy) is 4. The Morgan fingerprint density at radius 1 is 0.956 bits per heavy atom. The smallest absolute Gasteiger partial charge is 0.434 e. The highest BCUT2D eigenvalue weighted by Crippen LogP contribution is 2.24. The first-order chi connectivity index (χ1) is 21.7. The number of halogens is 1. The molecular formula is C32H42ClN5O7. The Morgan fingerprint density at radius 3 is 2.29 bits per heavy atom. The fourth-order valence-corrected chi connectivity index (χ4v) is 4.29. The molecule has 12 nitrogen and oxygen atoms in total. The van der Waals surface area contributed by atoms with E-state index in [0.717, 1.165) is 31.2 Å². The highest BCUT2D eigenvalue weighted by Gasteiger charge is 2.21. The van der Waals surface area contributed by atoms with Gasteiger partial charge in [0.05, 0.1) is 31.0 Å². The lowest BCUT2D eigenvalue weighted by Gasteiger charge is -2.19. The number of nitrogens with one attached hydrogen (secondary N) is 3. The number of hydrogen-bond acceptors (Lipinski definition) is 10. The number of aryl methyl sites for hydroxylation is 1. The molecule has 2 atom stereocenters. The topological polar surface area (TPSA) is 154 Å². The number of aromatic amines is 1. The van der Waals surface area contributed by atoms with Crippen molar-refractivity contribution in [3.8, 4) is 11.3 Å². The van der Waals surface area contributed by atoms with Gasteiger partial charge in [-0.25, -0.2) is 19.6 Å². The number of anilines is 1. The van der Waals surface area contributed by atoms with E-state index in [9.17, 15) is 14.4 Å². The summed E-state index contributed by atoms with van der Waals surface area (Å²) in [4.78, 5) is 49.2. The van der Waals surface area contributed by atoms with Crippen molar-refractivity contribution in [1.29, 1.82) is 0 Å². The number of amides is 1. The van der Waals surface area contributed by atoms with Gasteiger partial charge in [0.25, 0.3) is 5.91 Å². The Morgan fingerprint density at radius 2 is 1.64 bits per heavy atom. The van der Waals surface area contributed by atoms with Gasteiger partial charge >= 0.3 is 12.3 Å². The van der Waals surface area contributed by atoms with Crippen molar-refractivity contribution in [2.24, 2.45) is 0 Å². The predicted molar refractivity (Wildman–Crippen MR) is 170 cm³/mol. The second kappa shape index (κ2) is 18.5. The maximum absolute atomic E-state index is 13.3. The standard InChI is InChI=1S/C32H42ClN5O7/c1-5-8-13-42-31(40)44-19-25(7-3)36-30-35-17-21(4)28(38-30)23-16-26(34-18-23)29(39)37-27(22-11-10-12-24(33)15-22)20-45-32(41)43-14-9-6-2/h10-12,15-18,25,27,34H,5-9,13-14,19-20H2,1-4H3,(H,37,39)(H,35,36,38)/t25-,27-/m1/s1. The summed E-state index contributed by atoms with van der Waals surface area (Å²) in [5.74, 6) is -0.0742. The predicted octanol–water partition coefficient (Wildman–Crippen LogP) is 7.00. The first-order valence-corrected chi connectivity index (χ1v) is 15.6. The van der Waals surface area contributed by atoms with Crippen molar-refractivity contribution in [1.82, 2.24) is 20.3 Å². The summed E-state index contributed by atoms with van der Waals surface area (Å²) in [7, 11) is 0. The number of hydrogen-bond donors (Lipinski definition) is 3. The Kier molecular flexibility index (Phi) is 14.4. The Labute approximate surface area is 268 Å². The number of unbranched alkanes of at least 4 members (excludes halogenated alkanes) is 2. The molecule has 0 fully saturated rings. The van der Waals surface area contributed by atoms with Crippen LogP contribution in [0.2, 0.25) is 5.02 Å². The lowest BCUT2D eigenvalue weighted by atomic mass is 10.1. The van der Waals surface area contributed by atoms with Gasteiger partial charge in [-0.15, -0.1) is 0 Å². The number of benzene rings is 1. The molecule has 0 saturated heterocycles. The van der Waals surface area contributed by atoms with Crippen molar-refractivity contribution >= 4 is 35.8 Å². The van der Waals surface area contributed by atoms with Crippen LogP contribution in [0.4, 0.5) is 15.5 Å². The molecule has 1 aromatic carbocycles. The van der Waals surface area contributed by atoms with E-state index in [1.165, 1.54) is 0 Å². The zero-order valence-corrected chi connectivity index (χ0v) is 26.9. The van der Waals surface area contributed by atoms with Crippen LogP contribution in [-0.2, 0) is 18.9 Å². The largest absolute Gasteiger partial charge is 0.508 e. The van der Waals surface area contributed by atoms with Crippen molar-refractivity contribution in [3.05, 3.63) is 64.6 Å². The van der Waals surface area contributed by atoms with Gasteiger partial charge in [-0.05, 0) is 55.5 Å². The van der Waals surface area contributed by atoms with Crippen LogP contribution >= 0.6 is 11.6 Å². The molecule has 0 aliphatic heterocycles. The lowest BCUT2D eigenvalue weighted by Crippen LogP contribution is -2.32. The van der Waals surface area contributed by atoms with Crippen LogP contribution in [0.25, 0.3) is 11.3 Å². The minimum absolute atomic E-state index is 0.0937. The number of rotatable bonds is 17. The summed E-state index contributed by atoms with van der Waals surface area (Å²) in [5.41, 5.74) is 3.01. The van der Waals surface area contributed by atoms with Crippen molar-refractivity contribution in [2.45, 2.75) is 71.9 Å². The zero-order valence-electron chi connectivity index (χ0n) is 26.2. The van der Waals surface area contributed by atoms with Gasteiger partial charge in [-0.3, -0.25) is 4.79 Å². The number of H-pyrrole nitrogens is 1. The Bertz CT molecular complexity index is 1400. The first kappa shape index (κ1) is 35.2. The molecular weight excluding hydrogens is 602 g/mol. The Hall–Kier alpha value is -4.32. The molecule has 2 aromatic heterocycles. The second-order valence-electron chi connectivity index (χ2n) is 10.4. The molecule has 3 rings (SSSR count). The summed E-state index contributed by atoms with van der Waals surface area (Å²) in [6.45, 7) is 8.34. The van der Waals surface area contributed by atoms with Gasteiger partial charge in [0.1, 0.15) is 18.9 Å². The van der Waals surface area contributed by atoms with Gasteiger partial charge < -0.3 is 34.6 Å². The number of aromatic nitrogens is 3. The fraction of sp³-hybridized carbons (Fsp3) is 0.469. The Balaban J connectivity index is 1.68. The molecule has 244 valence electrons. The van der Waals surface area contributed by atoms with Crippen molar-refractivity contribution in [3.63, 3.8) is 0 Å². The molecule has 0 bridgehead atoms. The van der Waals surface area contributed by atoms with Gasteiger partial charge in [-0.1, -0.05) is 57.3 Å². The average Bonchev–Trinajstić information content (AvgIpc) is 3.52. The average molecular weight is 644 g/mol. The molecule has 45 heavy (non-hydrogen) atoms. The molecule has 0 aliphatic carbocycles. The summed E-state index contributed by atoms with van der Waals surface area (Å²) in [6, 6.07) is 7.70. The lowest BCUT2D eigenvalue weighted by molar-refractivity contribution is 0.0462. The molecule has 0 radical (unpaired) electrons. The van der Waals surface area contributed by atoms with Crippen LogP contribution in [0.1, 0.15) is 80.5 Å². The molecule has 13 heteroatoms. The van der Waals surface area contributed by atoms with Crippen LogP contribution in [-0.4, -0.2) is 65.6 Å². The van der Waals surface area contributed by atoms with Crippen molar-refractivity contribution in [2.75, 3.05) is 31.7 Å². The van der Waals surface area contributed by atoms with Crippen LogP contribution in [0, 0.1) is 6.92 Å². The van der Waals surface area contributed by atoms with Gasteiger partial charge in [-0.2, -0.15) is 0 Å². The third-order valence-corrected chi connectivity index (χ3v) is 7.00. The van der Waals surface area contributed by atoms with Crippen LogP contribution < -0.4 is 10.6 Å². The molecule has 2 heterocycles. The maximum atomic E-state index is 13.3. The first-order valence-electron chi connectivity index (χ1n) is 15.2. The van der Waals surface area contributed by atoms with E-state index in [-0.39, 0.29) is 31.6 Å². The van der Waals surface area contributed by atoms with E-state index in [0.29, 0.717) is 40.8 Å². The van der Waals surface area contributed by atoms with E-state index < -0.39 is 24.3 Å². The van der Waals surface area contributed by atoms with Crippen LogP contribution in [0.5, 0.6) is 0 Å². The van der Waals surface area contributed by atoms with Gasteiger partial charge in [0.2, 0.25) is 5.95 Å². The molecule has 0 saturated carbocycles. The van der Waals surface area contributed by atoms with Crippen molar-refractivity contribution < 1.29 is 33.3 Å². The summed E-state index contributed by atoms with van der Waals surface area (Å²) in [6.07, 6.45) is 5.80. The summed E-state index contributed by atoms with van der Waals surface area (Å²) in [5, 5.41) is 6.58. The van der Waals surface area contributed by atoms with Crippen LogP contribution in [0.15, 0.2) is 42.7 Å². The molecule has 3 N–H and O–H groups in total. The monoisotopic (exact) mass is 643 g/mol. The third-order valence-electron chi connectivity index (χ3n) is 6.76. The third kappa shape index (κ3) is 11.6.